The fourth-order valence-corrected chi connectivity index (χ4v) is 3.29. The Kier molecular flexibility index (Phi) is 11.0. The number of carbonyl (C=O) groups is 1. The number of aryl methyl sites for hydroxylation is 1. The molecule has 2 aromatic rings. The molecule has 0 saturated carbocycles. The molecule has 1 aromatic carbocycles. The maximum Gasteiger partial charge on any atom is 0.311 e. The first-order chi connectivity index (χ1) is 14.2. The van der Waals surface area contributed by atoms with Crippen molar-refractivity contribution in [1.82, 2.24) is 9.97 Å². The Hall–Kier alpha value is -2.23. The standard InChI is InChI=1S/C25H36N2O2/c1-3-5-7-8-9-10-12-13-22-19-27-24(20-26-22)21-15-17-23(18-16-21)29-25(28)14-11-6-4-2/h15-20H,3-14H2,1-2H3. The minimum atomic E-state index is -0.166. The van der Waals surface area contributed by atoms with Crippen LogP contribution in [0.15, 0.2) is 36.7 Å². The van der Waals surface area contributed by atoms with E-state index in [0.717, 1.165) is 42.6 Å². The van der Waals surface area contributed by atoms with Gasteiger partial charge in [0.15, 0.2) is 0 Å². The van der Waals surface area contributed by atoms with Gasteiger partial charge < -0.3 is 4.74 Å². The van der Waals surface area contributed by atoms with Crippen LogP contribution in [0.2, 0.25) is 0 Å². The molecule has 2 rings (SSSR count). The summed E-state index contributed by atoms with van der Waals surface area (Å²) in [4.78, 5) is 20.9. The van der Waals surface area contributed by atoms with Gasteiger partial charge >= 0.3 is 5.97 Å². The first-order valence-electron chi connectivity index (χ1n) is 11.3. The zero-order valence-electron chi connectivity index (χ0n) is 18.2. The van der Waals surface area contributed by atoms with Crippen molar-refractivity contribution in [1.29, 1.82) is 0 Å². The summed E-state index contributed by atoms with van der Waals surface area (Å²) in [6.45, 7) is 4.37. The molecule has 0 bridgehead atoms. The Morgan fingerprint density at radius 3 is 2.10 bits per heavy atom. The highest BCUT2D eigenvalue weighted by atomic mass is 16.5. The van der Waals surface area contributed by atoms with Gasteiger partial charge in [0.2, 0.25) is 0 Å². The number of benzene rings is 1. The quantitative estimate of drug-likeness (QED) is 0.197. The third kappa shape index (κ3) is 9.21. The predicted molar refractivity (Wildman–Crippen MR) is 119 cm³/mol. The summed E-state index contributed by atoms with van der Waals surface area (Å²) in [5.41, 5.74) is 2.87. The van der Waals surface area contributed by atoms with Crippen molar-refractivity contribution in [3.63, 3.8) is 0 Å². The molecule has 0 aliphatic rings. The molecule has 0 aliphatic carbocycles. The predicted octanol–water partition coefficient (Wildman–Crippen LogP) is 6.92. The lowest BCUT2D eigenvalue weighted by molar-refractivity contribution is -0.134. The Morgan fingerprint density at radius 2 is 1.45 bits per heavy atom. The summed E-state index contributed by atoms with van der Waals surface area (Å²) < 4.78 is 5.38. The van der Waals surface area contributed by atoms with Crippen LogP contribution in [0, 0.1) is 0 Å². The van der Waals surface area contributed by atoms with Gasteiger partial charge in [0, 0.05) is 18.2 Å². The van der Waals surface area contributed by atoms with Crippen LogP contribution in [0.1, 0.15) is 90.2 Å². The summed E-state index contributed by atoms with van der Waals surface area (Å²) >= 11 is 0. The molecule has 0 amide bonds. The number of ether oxygens (including phenoxy) is 1. The van der Waals surface area contributed by atoms with E-state index in [1.54, 1.807) is 0 Å². The molecule has 0 fully saturated rings. The molecule has 4 heteroatoms. The Balaban J connectivity index is 1.75. The monoisotopic (exact) mass is 396 g/mol. The van der Waals surface area contributed by atoms with Crippen molar-refractivity contribution < 1.29 is 9.53 Å². The van der Waals surface area contributed by atoms with E-state index in [4.69, 9.17) is 4.74 Å². The van der Waals surface area contributed by atoms with Gasteiger partial charge in [0.25, 0.3) is 0 Å². The lowest BCUT2D eigenvalue weighted by Gasteiger charge is -2.06. The number of rotatable bonds is 14. The molecular formula is C25H36N2O2. The molecule has 0 atom stereocenters. The van der Waals surface area contributed by atoms with E-state index in [9.17, 15) is 4.79 Å². The lowest BCUT2D eigenvalue weighted by Crippen LogP contribution is -2.07. The number of unbranched alkanes of at least 4 members (excludes halogenated alkanes) is 8. The Labute approximate surface area is 176 Å². The molecule has 0 saturated heterocycles. The van der Waals surface area contributed by atoms with Crippen LogP contribution in [-0.2, 0) is 11.2 Å². The van der Waals surface area contributed by atoms with Crippen molar-refractivity contribution in [2.24, 2.45) is 0 Å². The SMILES string of the molecule is CCCCCCCCCc1cnc(-c2ccc(OC(=O)CCCCC)cc2)cn1. The second-order valence-electron chi connectivity index (χ2n) is 7.72. The summed E-state index contributed by atoms with van der Waals surface area (Å²) in [7, 11) is 0. The molecule has 0 N–H and O–H groups in total. The van der Waals surface area contributed by atoms with Crippen LogP contribution < -0.4 is 4.74 Å². The van der Waals surface area contributed by atoms with E-state index >= 15 is 0 Å². The molecule has 0 unspecified atom stereocenters. The molecule has 0 aliphatic heterocycles. The normalized spacial score (nSPS) is 10.8. The summed E-state index contributed by atoms with van der Waals surface area (Å²) in [6, 6.07) is 7.49. The van der Waals surface area contributed by atoms with Crippen LogP contribution in [-0.4, -0.2) is 15.9 Å². The van der Waals surface area contributed by atoms with Crippen molar-refractivity contribution >= 4 is 5.97 Å². The molecule has 0 spiro atoms. The van der Waals surface area contributed by atoms with Crippen molar-refractivity contribution in [3.05, 3.63) is 42.4 Å². The van der Waals surface area contributed by atoms with Crippen LogP contribution in [0.4, 0.5) is 0 Å². The van der Waals surface area contributed by atoms with Crippen molar-refractivity contribution in [2.45, 2.75) is 90.9 Å². The van der Waals surface area contributed by atoms with Gasteiger partial charge in [0.1, 0.15) is 5.75 Å². The van der Waals surface area contributed by atoms with Gasteiger partial charge in [-0.25, -0.2) is 0 Å². The molecule has 4 nitrogen and oxygen atoms in total. The molecule has 158 valence electrons. The maximum atomic E-state index is 11.8. The number of nitrogens with zero attached hydrogens (tertiary/aromatic N) is 2. The zero-order chi connectivity index (χ0) is 20.7. The fourth-order valence-electron chi connectivity index (χ4n) is 3.29. The first-order valence-corrected chi connectivity index (χ1v) is 11.3. The van der Waals surface area contributed by atoms with Gasteiger partial charge in [-0.15, -0.1) is 0 Å². The molecule has 1 aromatic heterocycles. The van der Waals surface area contributed by atoms with Gasteiger partial charge in [-0.2, -0.15) is 0 Å². The highest BCUT2D eigenvalue weighted by molar-refractivity contribution is 5.72. The average Bonchev–Trinajstić information content (AvgIpc) is 2.74. The Bertz CT molecular complexity index is 696. The van der Waals surface area contributed by atoms with Crippen molar-refractivity contribution in [2.75, 3.05) is 0 Å². The summed E-state index contributed by atoms with van der Waals surface area (Å²) in [6.07, 6.45) is 17.4. The summed E-state index contributed by atoms with van der Waals surface area (Å²) in [5, 5.41) is 0. The van der Waals surface area contributed by atoms with Gasteiger partial charge in [-0.1, -0.05) is 65.2 Å². The van der Waals surface area contributed by atoms with Crippen LogP contribution in [0.3, 0.4) is 0 Å². The third-order valence-corrected chi connectivity index (χ3v) is 5.11. The molecule has 0 radical (unpaired) electrons. The van der Waals surface area contributed by atoms with Crippen LogP contribution in [0.5, 0.6) is 5.75 Å². The number of esters is 1. The highest BCUT2D eigenvalue weighted by Gasteiger charge is 2.06. The maximum absolute atomic E-state index is 11.8. The van der Waals surface area contributed by atoms with E-state index < -0.39 is 0 Å². The van der Waals surface area contributed by atoms with Gasteiger partial charge in [0.05, 0.1) is 17.6 Å². The minimum absolute atomic E-state index is 0.166. The molecule has 1 heterocycles. The van der Waals surface area contributed by atoms with E-state index in [1.807, 2.05) is 36.7 Å². The number of hydrogen-bond donors (Lipinski definition) is 0. The minimum Gasteiger partial charge on any atom is -0.427 e. The van der Waals surface area contributed by atoms with E-state index in [-0.39, 0.29) is 5.97 Å². The average molecular weight is 397 g/mol. The molecular weight excluding hydrogens is 360 g/mol. The first kappa shape index (κ1) is 23.1. The number of hydrogen-bond acceptors (Lipinski definition) is 4. The molecule has 29 heavy (non-hydrogen) atoms. The van der Waals surface area contributed by atoms with Crippen LogP contribution in [0.25, 0.3) is 11.3 Å². The summed E-state index contributed by atoms with van der Waals surface area (Å²) in [5.74, 6) is 0.416. The Morgan fingerprint density at radius 1 is 0.793 bits per heavy atom. The smallest absolute Gasteiger partial charge is 0.311 e. The second kappa shape index (κ2) is 13.9. The number of carbonyl (C=O) groups excluding carboxylic acids is 1. The topological polar surface area (TPSA) is 52.1 Å². The van der Waals surface area contributed by atoms with Crippen molar-refractivity contribution in [3.8, 4) is 17.0 Å². The van der Waals surface area contributed by atoms with E-state index in [0.29, 0.717) is 12.2 Å². The zero-order valence-corrected chi connectivity index (χ0v) is 18.2. The number of aromatic nitrogens is 2. The largest absolute Gasteiger partial charge is 0.427 e. The van der Waals surface area contributed by atoms with Gasteiger partial charge in [-0.05, 0) is 43.5 Å². The van der Waals surface area contributed by atoms with E-state index in [2.05, 4.69) is 23.8 Å². The lowest BCUT2D eigenvalue weighted by atomic mass is 10.1. The van der Waals surface area contributed by atoms with Crippen LogP contribution >= 0.6 is 0 Å². The fraction of sp³-hybridized carbons (Fsp3) is 0.560. The highest BCUT2D eigenvalue weighted by Crippen LogP contribution is 2.21. The second-order valence-corrected chi connectivity index (χ2v) is 7.72. The van der Waals surface area contributed by atoms with E-state index in [1.165, 1.54) is 44.9 Å². The third-order valence-electron chi connectivity index (χ3n) is 5.11. The van der Waals surface area contributed by atoms with Gasteiger partial charge in [-0.3, -0.25) is 14.8 Å².